The summed E-state index contributed by atoms with van der Waals surface area (Å²) in [6.45, 7) is 11.7. The second-order valence-corrected chi connectivity index (χ2v) is 8.99. The van der Waals surface area contributed by atoms with Gasteiger partial charge in [-0.25, -0.2) is 0 Å². The fourth-order valence-corrected chi connectivity index (χ4v) is 5.25. The molecule has 0 spiro atoms. The van der Waals surface area contributed by atoms with Crippen LogP contribution in [0.3, 0.4) is 0 Å². The molecule has 2 fully saturated rings. The van der Waals surface area contributed by atoms with Gasteiger partial charge in [-0.1, -0.05) is 6.07 Å². The highest BCUT2D eigenvalue weighted by Gasteiger charge is 2.41. The molecular formula is C24H35N5O2S. The van der Waals surface area contributed by atoms with Gasteiger partial charge in [-0.2, -0.15) is 0 Å². The van der Waals surface area contributed by atoms with E-state index < -0.39 is 0 Å². The molecule has 0 bridgehead atoms. The molecule has 2 aromatic rings. The van der Waals surface area contributed by atoms with E-state index in [-0.39, 0.29) is 12.1 Å². The van der Waals surface area contributed by atoms with Gasteiger partial charge in [0.15, 0.2) is 5.11 Å². The second kappa shape index (κ2) is 10.7. The van der Waals surface area contributed by atoms with Crippen LogP contribution in [0.25, 0.3) is 0 Å². The Labute approximate surface area is 196 Å². The first-order valence-corrected chi connectivity index (χ1v) is 11.9. The molecule has 0 aromatic carbocycles. The van der Waals surface area contributed by atoms with Crippen molar-refractivity contribution in [3.8, 4) is 0 Å². The molecule has 0 radical (unpaired) electrons. The van der Waals surface area contributed by atoms with E-state index in [9.17, 15) is 0 Å². The Bertz CT molecular complexity index is 897. The first-order chi connectivity index (χ1) is 15.6. The van der Waals surface area contributed by atoms with Crippen LogP contribution in [0.5, 0.6) is 0 Å². The largest absolute Gasteiger partial charge is 0.383 e. The Morgan fingerprint density at radius 1 is 1.19 bits per heavy atom. The topological polar surface area (TPSA) is 54.8 Å². The Morgan fingerprint density at radius 3 is 2.72 bits per heavy atom. The lowest BCUT2D eigenvalue weighted by Gasteiger charge is -2.28. The number of nitrogens with one attached hydrogen (secondary N) is 1. The number of rotatable bonds is 9. The third-order valence-corrected chi connectivity index (χ3v) is 6.98. The van der Waals surface area contributed by atoms with Crippen molar-refractivity contribution in [1.82, 2.24) is 24.7 Å². The SMILES string of the molecule is COCCN1C(=S)N[C@H](c2ccccn2)[C@H]1c1cc(C)n(CCCN2CCOCC2)c1C. The number of hydrogen-bond donors (Lipinski definition) is 1. The van der Waals surface area contributed by atoms with Crippen molar-refractivity contribution in [3.63, 3.8) is 0 Å². The van der Waals surface area contributed by atoms with Gasteiger partial charge < -0.3 is 24.3 Å². The van der Waals surface area contributed by atoms with Crippen LogP contribution < -0.4 is 5.32 Å². The monoisotopic (exact) mass is 457 g/mol. The van der Waals surface area contributed by atoms with Crippen molar-refractivity contribution in [2.75, 3.05) is 53.1 Å². The van der Waals surface area contributed by atoms with Crippen LogP contribution in [0.2, 0.25) is 0 Å². The summed E-state index contributed by atoms with van der Waals surface area (Å²) < 4.78 is 13.3. The van der Waals surface area contributed by atoms with Crippen LogP contribution in [0, 0.1) is 13.8 Å². The number of aromatic nitrogens is 2. The summed E-state index contributed by atoms with van der Waals surface area (Å²) in [4.78, 5) is 9.41. The van der Waals surface area contributed by atoms with E-state index >= 15 is 0 Å². The van der Waals surface area contributed by atoms with Crippen LogP contribution in [0.1, 0.15) is 41.1 Å². The predicted octanol–water partition coefficient (Wildman–Crippen LogP) is 2.84. The maximum absolute atomic E-state index is 5.74. The van der Waals surface area contributed by atoms with Crippen LogP contribution in [-0.4, -0.2) is 77.6 Å². The maximum Gasteiger partial charge on any atom is 0.170 e. The van der Waals surface area contributed by atoms with Gasteiger partial charge in [-0.05, 0) is 56.2 Å². The molecule has 0 aliphatic carbocycles. The molecule has 7 nitrogen and oxygen atoms in total. The highest BCUT2D eigenvalue weighted by molar-refractivity contribution is 7.80. The summed E-state index contributed by atoms with van der Waals surface area (Å²) >= 11 is 5.74. The summed E-state index contributed by atoms with van der Waals surface area (Å²) in [5.74, 6) is 0. The molecule has 0 amide bonds. The summed E-state index contributed by atoms with van der Waals surface area (Å²) in [6.07, 6.45) is 2.98. The highest BCUT2D eigenvalue weighted by atomic mass is 32.1. The molecule has 32 heavy (non-hydrogen) atoms. The maximum atomic E-state index is 5.74. The van der Waals surface area contributed by atoms with Crippen LogP contribution in [0.4, 0.5) is 0 Å². The van der Waals surface area contributed by atoms with Gasteiger partial charge >= 0.3 is 0 Å². The van der Waals surface area contributed by atoms with E-state index in [0.29, 0.717) is 6.61 Å². The molecule has 8 heteroatoms. The number of pyridine rings is 1. The average Bonchev–Trinajstić information content (AvgIpc) is 3.29. The lowest BCUT2D eigenvalue weighted by Crippen LogP contribution is -2.37. The van der Waals surface area contributed by atoms with Crippen LogP contribution in [-0.2, 0) is 16.0 Å². The quantitative estimate of drug-likeness (QED) is 0.581. The smallest absolute Gasteiger partial charge is 0.170 e. The third kappa shape index (κ3) is 4.98. The summed E-state index contributed by atoms with van der Waals surface area (Å²) in [5, 5.41) is 4.30. The number of aryl methyl sites for hydroxylation is 1. The number of ether oxygens (including phenoxy) is 2. The van der Waals surface area contributed by atoms with Gasteiger partial charge in [0.1, 0.15) is 0 Å². The highest BCUT2D eigenvalue weighted by Crippen LogP contribution is 2.40. The number of thiocarbonyl (C=S) groups is 1. The Hall–Kier alpha value is -2.00. The molecule has 4 heterocycles. The molecule has 2 aromatic heterocycles. The lowest BCUT2D eigenvalue weighted by molar-refractivity contribution is 0.0369. The van der Waals surface area contributed by atoms with E-state index in [4.69, 9.17) is 21.7 Å². The minimum Gasteiger partial charge on any atom is -0.383 e. The van der Waals surface area contributed by atoms with E-state index in [2.05, 4.69) is 50.6 Å². The van der Waals surface area contributed by atoms with Gasteiger partial charge in [0, 0.05) is 57.4 Å². The molecule has 174 valence electrons. The molecule has 4 rings (SSSR count). The van der Waals surface area contributed by atoms with Crippen LogP contribution in [0.15, 0.2) is 30.5 Å². The van der Waals surface area contributed by atoms with Gasteiger partial charge in [0.05, 0.1) is 37.6 Å². The van der Waals surface area contributed by atoms with Crippen LogP contribution >= 0.6 is 12.2 Å². The third-order valence-electron chi connectivity index (χ3n) is 6.63. The summed E-state index contributed by atoms with van der Waals surface area (Å²) in [6, 6.07) is 8.51. The molecule has 0 saturated carbocycles. The molecule has 2 aliphatic rings. The van der Waals surface area contributed by atoms with Gasteiger partial charge in [0.25, 0.3) is 0 Å². The average molecular weight is 458 g/mol. The Balaban J connectivity index is 1.56. The van der Waals surface area contributed by atoms with Crippen molar-refractivity contribution < 1.29 is 9.47 Å². The molecule has 0 unspecified atom stereocenters. The predicted molar refractivity (Wildman–Crippen MR) is 130 cm³/mol. The fraction of sp³-hybridized carbons (Fsp3) is 0.583. The molecule has 2 saturated heterocycles. The van der Waals surface area contributed by atoms with Gasteiger partial charge in [-0.15, -0.1) is 0 Å². The van der Waals surface area contributed by atoms with Crippen molar-refractivity contribution in [2.24, 2.45) is 0 Å². The van der Waals surface area contributed by atoms with Crippen molar-refractivity contribution in [3.05, 3.63) is 53.1 Å². The minimum absolute atomic E-state index is 0.0165. The number of nitrogens with zero attached hydrogens (tertiary/aromatic N) is 4. The lowest BCUT2D eigenvalue weighted by atomic mass is 9.97. The van der Waals surface area contributed by atoms with Crippen molar-refractivity contribution >= 4 is 17.3 Å². The van der Waals surface area contributed by atoms with Crippen molar-refractivity contribution in [2.45, 2.75) is 38.9 Å². The van der Waals surface area contributed by atoms with Gasteiger partial charge in [0.2, 0.25) is 0 Å². The molecule has 2 aliphatic heterocycles. The zero-order valence-corrected chi connectivity index (χ0v) is 20.2. The van der Waals surface area contributed by atoms with E-state index in [1.54, 1.807) is 7.11 Å². The number of hydrogen-bond acceptors (Lipinski definition) is 5. The Morgan fingerprint density at radius 2 is 2.00 bits per heavy atom. The van der Waals surface area contributed by atoms with Gasteiger partial charge in [-0.3, -0.25) is 9.88 Å². The number of morpholine rings is 1. The molecular weight excluding hydrogens is 422 g/mol. The zero-order chi connectivity index (χ0) is 22.5. The fourth-order valence-electron chi connectivity index (χ4n) is 4.92. The van der Waals surface area contributed by atoms with E-state index in [1.807, 2.05) is 18.3 Å². The first kappa shape index (κ1) is 23.2. The number of methoxy groups -OCH3 is 1. The zero-order valence-electron chi connectivity index (χ0n) is 19.4. The van der Waals surface area contributed by atoms with E-state index in [1.165, 1.54) is 17.0 Å². The summed E-state index contributed by atoms with van der Waals surface area (Å²) in [7, 11) is 1.73. The Kier molecular flexibility index (Phi) is 7.78. The first-order valence-electron chi connectivity index (χ1n) is 11.5. The second-order valence-electron chi connectivity index (χ2n) is 8.60. The molecule has 2 atom stereocenters. The minimum atomic E-state index is 0.0165. The summed E-state index contributed by atoms with van der Waals surface area (Å²) in [5.41, 5.74) is 4.93. The van der Waals surface area contributed by atoms with Crippen molar-refractivity contribution in [1.29, 1.82) is 0 Å². The molecule has 1 N–H and O–H groups in total. The normalized spacial score (nSPS) is 21.8. The standard InChI is InChI=1S/C24H35N5O2S/c1-18-17-20(19(2)28(18)10-6-9-27-11-15-31-16-12-27)23-22(21-7-4-5-8-25-21)26-24(32)29(23)13-14-30-3/h4-5,7-8,17,22-23H,6,9-16H2,1-3H3,(H,26,32)/t22-,23-/m1/s1. The van der Waals surface area contributed by atoms with E-state index in [0.717, 1.165) is 63.2 Å².